The van der Waals surface area contributed by atoms with Crippen molar-refractivity contribution < 1.29 is 14.3 Å². The number of aryl methyl sites for hydroxylation is 1. The van der Waals surface area contributed by atoms with Gasteiger partial charge in [0.15, 0.2) is 0 Å². The number of anilines is 1. The highest BCUT2D eigenvalue weighted by atomic mass is 32.2. The number of methoxy groups -OCH3 is 1. The van der Waals surface area contributed by atoms with Crippen molar-refractivity contribution in [2.75, 3.05) is 25.6 Å². The number of carbonyl (C=O) groups is 1. The zero-order chi connectivity index (χ0) is 23.0. The highest BCUT2D eigenvalue weighted by molar-refractivity contribution is 7.98. The fourth-order valence-electron chi connectivity index (χ4n) is 3.79. The maximum Gasteiger partial charge on any atom is 0.229 e. The lowest BCUT2D eigenvalue weighted by Crippen LogP contribution is -2.28. The molecule has 174 valence electrons. The number of thioether (sulfide) groups is 1. The van der Waals surface area contributed by atoms with Gasteiger partial charge in [0.2, 0.25) is 5.91 Å². The summed E-state index contributed by atoms with van der Waals surface area (Å²) >= 11 is 1.78. The SMILES string of the molecule is COc1ccc(CSc2ccc(CCCC3CCOCC3)c(NC(=O)C(C)(C)C)c2)cc1. The van der Waals surface area contributed by atoms with Gasteiger partial charge in [0.1, 0.15) is 5.75 Å². The fourth-order valence-corrected chi connectivity index (χ4v) is 4.69. The summed E-state index contributed by atoms with van der Waals surface area (Å²) in [4.78, 5) is 13.9. The predicted molar refractivity (Wildman–Crippen MR) is 134 cm³/mol. The van der Waals surface area contributed by atoms with Gasteiger partial charge < -0.3 is 14.8 Å². The van der Waals surface area contributed by atoms with E-state index in [1.807, 2.05) is 32.9 Å². The van der Waals surface area contributed by atoms with Crippen LogP contribution in [0.15, 0.2) is 47.4 Å². The summed E-state index contributed by atoms with van der Waals surface area (Å²) in [5.41, 5.74) is 3.00. The van der Waals surface area contributed by atoms with E-state index >= 15 is 0 Å². The summed E-state index contributed by atoms with van der Waals surface area (Å²) in [6.45, 7) is 7.66. The van der Waals surface area contributed by atoms with Crippen molar-refractivity contribution >= 4 is 23.4 Å². The zero-order valence-electron chi connectivity index (χ0n) is 19.9. The molecule has 2 aromatic carbocycles. The number of benzene rings is 2. The minimum atomic E-state index is -0.425. The third-order valence-corrected chi connectivity index (χ3v) is 7.04. The van der Waals surface area contributed by atoms with Crippen LogP contribution in [-0.2, 0) is 21.7 Å². The summed E-state index contributed by atoms with van der Waals surface area (Å²) in [5.74, 6) is 2.58. The van der Waals surface area contributed by atoms with Crippen molar-refractivity contribution in [3.8, 4) is 5.75 Å². The average molecular weight is 456 g/mol. The molecule has 1 aliphatic heterocycles. The molecule has 1 saturated heterocycles. The summed E-state index contributed by atoms with van der Waals surface area (Å²) in [6, 6.07) is 14.7. The molecule has 0 spiro atoms. The Morgan fingerprint density at radius 2 is 1.84 bits per heavy atom. The molecule has 0 unspecified atom stereocenters. The number of carbonyl (C=O) groups excluding carboxylic acids is 1. The summed E-state index contributed by atoms with van der Waals surface area (Å²) in [7, 11) is 1.68. The molecule has 0 aliphatic carbocycles. The van der Waals surface area contributed by atoms with E-state index in [-0.39, 0.29) is 5.91 Å². The largest absolute Gasteiger partial charge is 0.497 e. The molecular formula is C27H37NO3S. The van der Waals surface area contributed by atoms with E-state index in [4.69, 9.17) is 9.47 Å². The van der Waals surface area contributed by atoms with Crippen LogP contribution in [0.5, 0.6) is 5.75 Å². The van der Waals surface area contributed by atoms with Gasteiger partial charge in [0, 0.05) is 35.0 Å². The lowest BCUT2D eigenvalue weighted by atomic mass is 9.92. The molecule has 0 aromatic heterocycles. The van der Waals surface area contributed by atoms with Crippen molar-refractivity contribution in [2.45, 2.75) is 63.5 Å². The topological polar surface area (TPSA) is 47.6 Å². The van der Waals surface area contributed by atoms with E-state index < -0.39 is 5.41 Å². The normalized spacial score (nSPS) is 14.9. The molecule has 5 heteroatoms. The molecule has 1 fully saturated rings. The van der Waals surface area contributed by atoms with Crippen LogP contribution in [0.2, 0.25) is 0 Å². The Labute approximate surface area is 197 Å². The highest BCUT2D eigenvalue weighted by Crippen LogP contribution is 2.31. The Morgan fingerprint density at radius 3 is 2.50 bits per heavy atom. The molecule has 1 aliphatic rings. The van der Waals surface area contributed by atoms with Gasteiger partial charge in [-0.25, -0.2) is 0 Å². The Kier molecular flexibility index (Phi) is 9.06. The molecule has 1 N–H and O–H groups in total. The average Bonchev–Trinajstić information content (AvgIpc) is 2.79. The second-order valence-electron chi connectivity index (χ2n) is 9.61. The Morgan fingerprint density at radius 1 is 1.12 bits per heavy atom. The first-order valence-corrected chi connectivity index (χ1v) is 12.6. The van der Waals surface area contributed by atoms with Crippen LogP contribution in [0.4, 0.5) is 5.69 Å². The van der Waals surface area contributed by atoms with Crippen LogP contribution in [0.25, 0.3) is 0 Å². The smallest absolute Gasteiger partial charge is 0.229 e. The number of hydrogen-bond acceptors (Lipinski definition) is 4. The lowest BCUT2D eigenvalue weighted by Gasteiger charge is -2.22. The fraction of sp³-hybridized carbons (Fsp3) is 0.519. The van der Waals surface area contributed by atoms with E-state index in [1.165, 1.54) is 35.3 Å². The maximum absolute atomic E-state index is 12.7. The zero-order valence-corrected chi connectivity index (χ0v) is 20.7. The van der Waals surface area contributed by atoms with Crippen molar-refractivity contribution in [3.63, 3.8) is 0 Å². The third-order valence-electron chi connectivity index (χ3n) is 5.97. The Hall–Kier alpha value is -1.98. The molecule has 32 heavy (non-hydrogen) atoms. The van der Waals surface area contributed by atoms with Gasteiger partial charge in [-0.15, -0.1) is 11.8 Å². The molecule has 0 saturated carbocycles. The molecule has 1 amide bonds. The summed E-state index contributed by atoms with van der Waals surface area (Å²) in [6.07, 6.45) is 5.70. The third kappa shape index (κ3) is 7.56. The number of nitrogens with one attached hydrogen (secondary N) is 1. The lowest BCUT2D eigenvalue weighted by molar-refractivity contribution is -0.123. The Balaban J connectivity index is 1.66. The van der Waals surface area contributed by atoms with Crippen LogP contribution < -0.4 is 10.1 Å². The van der Waals surface area contributed by atoms with Gasteiger partial charge in [-0.2, -0.15) is 0 Å². The molecule has 3 rings (SSSR count). The van der Waals surface area contributed by atoms with Crippen molar-refractivity contribution in [1.82, 2.24) is 0 Å². The number of amides is 1. The van der Waals surface area contributed by atoms with Gasteiger partial charge in [-0.1, -0.05) is 39.0 Å². The van der Waals surface area contributed by atoms with E-state index in [1.54, 1.807) is 18.9 Å². The van der Waals surface area contributed by atoms with E-state index in [2.05, 4.69) is 35.6 Å². The molecule has 0 atom stereocenters. The predicted octanol–water partition coefficient (Wildman–Crippen LogP) is 6.72. The molecule has 1 heterocycles. The van der Waals surface area contributed by atoms with Gasteiger partial charge in [0.05, 0.1) is 7.11 Å². The maximum atomic E-state index is 12.7. The number of rotatable bonds is 9. The first-order valence-electron chi connectivity index (χ1n) is 11.6. The number of hydrogen-bond donors (Lipinski definition) is 1. The van der Waals surface area contributed by atoms with Gasteiger partial charge in [-0.05, 0) is 73.4 Å². The van der Waals surface area contributed by atoms with Gasteiger partial charge in [-0.3, -0.25) is 4.79 Å². The van der Waals surface area contributed by atoms with E-state index in [0.717, 1.165) is 49.2 Å². The molecular weight excluding hydrogens is 418 g/mol. The monoisotopic (exact) mass is 455 g/mol. The second-order valence-corrected chi connectivity index (χ2v) is 10.7. The number of ether oxygens (including phenoxy) is 2. The first kappa shape index (κ1) is 24.7. The van der Waals surface area contributed by atoms with Crippen LogP contribution in [0.3, 0.4) is 0 Å². The summed E-state index contributed by atoms with van der Waals surface area (Å²) in [5, 5.41) is 3.20. The Bertz CT molecular complexity index is 867. The molecule has 0 bridgehead atoms. The summed E-state index contributed by atoms with van der Waals surface area (Å²) < 4.78 is 10.7. The minimum Gasteiger partial charge on any atom is -0.497 e. The standard InChI is InChI=1S/C27H37NO3S/c1-27(2,3)26(29)28-25-18-24(32-19-21-8-11-23(30-4)12-9-21)13-10-22(25)7-5-6-20-14-16-31-17-15-20/h8-13,18,20H,5-7,14-17,19H2,1-4H3,(H,28,29). The van der Waals surface area contributed by atoms with Gasteiger partial charge in [0.25, 0.3) is 0 Å². The molecule has 0 radical (unpaired) electrons. The first-order chi connectivity index (χ1) is 15.3. The van der Waals surface area contributed by atoms with Gasteiger partial charge >= 0.3 is 0 Å². The van der Waals surface area contributed by atoms with Crippen LogP contribution in [0.1, 0.15) is 57.6 Å². The van der Waals surface area contributed by atoms with E-state index in [0.29, 0.717) is 0 Å². The molecule has 4 nitrogen and oxygen atoms in total. The van der Waals surface area contributed by atoms with E-state index in [9.17, 15) is 4.79 Å². The second kappa shape index (κ2) is 11.8. The van der Waals surface area contributed by atoms with Crippen molar-refractivity contribution in [2.24, 2.45) is 11.3 Å². The van der Waals surface area contributed by atoms with Crippen LogP contribution in [-0.4, -0.2) is 26.2 Å². The minimum absolute atomic E-state index is 0.0560. The molecule has 2 aromatic rings. The van der Waals surface area contributed by atoms with Crippen molar-refractivity contribution in [1.29, 1.82) is 0 Å². The van der Waals surface area contributed by atoms with Crippen LogP contribution in [0, 0.1) is 11.3 Å². The quantitative estimate of drug-likeness (QED) is 0.426. The van der Waals surface area contributed by atoms with Crippen molar-refractivity contribution in [3.05, 3.63) is 53.6 Å². The van der Waals surface area contributed by atoms with Crippen LogP contribution >= 0.6 is 11.8 Å². The highest BCUT2D eigenvalue weighted by Gasteiger charge is 2.22.